The number of nitrogen functional groups attached to an aromatic ring is 1. The first-order valence-corrected chi connectivity index (χ1v) is 7.86. The van der Waals surface area contributed by atoms with Gasteiger partial charge in [-0.25, -0.2) is 4.98 Å². The summed E-state index contributed by atoms with van der Waals surface area (Å²) in [6, 6.07) is 10.3. The number of anilines is 1. The van der Waals surface area contributed by atoms with Gasteiger partial charge in [-0.2, -0.15) is 5.10 Å². The lowest BCUT2D eigenvalue weighted by Crippen LogP contribution is -2.31. The molecule has 0 bridgehead atoms. The molecule has 5 rings (SSSR count). The first-order valence-electron chi connectivity index (χ1n) is 7.86. The molecule has 2 aliphatic heterocycles. The van der Waals surface area contributed by atoms with E-state index < -0.39 is 6.10 Å². The number of hydrogen-bond acceptors (Lipinski definition) is 4. The highest BCUT2D eigenvalue weighted by molar-refractivity contribution is 5.69. The fourth-order valence-electron chi connectivity index (χ4n) is 4.16. The van der Waals surface area contributed by atoms with Crippen molar-refractivity contribution in [3.8, 4) is 11.3 Å². The molecule has 0 saturated heterocycles. The van der Waals surface area contributed by atoms with Crippen LogP contribution in [0.15, 0.2) is 42.9 Å². The van der Waals surface area contributed by atoms with Crippen LogP contribution in [0.3, 0.4) is 0 Å². The Balaban J connectivity index is 1.63. The van der Waals surface area contributed by atoms with E-state index in [-0.39, 0.29) is 12.0 Å². The number of imidazole rings is 1. The Morgan fingerprint density at radius 1 is 1.26 bits per heavy atom. The predicted octanol–water partition coefficient (Wildman–Crippen LogP) is 1.99. The number of hydrogen-bond donors (Lipinski definition) is 2. The van der Waals surface area contributed by atoms with Crippen molar-refractivity contribution < 1.29 is 5.11 Å². The topological polar surface area (TPSA) is 81.9 Å². The van der Waals surface area contributed by atoms with Gasteiger partial charge in [-0.3, -0.25) is 4.68 Å². The molecular weight excluding hydrogens is 290 g/mol. The van der Waals surface area contributed by atoms with Gasteiger partial charge in [-0.15, -0.1) is 0 Å². The normalized spacial score (nSPS) is 25.0. The maximum absolute atomic E-state index is 10.9. The number of benzene rings is 1. The molecule has 0 aliphatic carbocycles. The molecule has 23 heavy (non-hydrogen) atoms. The van der Waals surface area contributed by atoms with Crippen molar-refractivity contribution in [1.82, 2.24) is 19.3 Å². The van der Waals surface area contributed by atoms with Crippen molar-refractivity contribution in [1.29, 1.82) is 0 Å². The van der Waals surface area contributed by atoms with E-state index in [0.717, 1.165) is 24.4 Å². The number of aryl methyl sites for hydroxylation is 1. The second-order valence-electron chi connectivity index (χ2n) is 6.33. The van der Waals surface area contributed by atoms with Crippen molar-refractivity contribution in [2.24, 2.45) is 5.92 Å². The Bertz CT molecular complexity index is 896. The van der Waals surface area contributed by atoms with Crippen LogP contribution in [0.1, 0.15) is 29.8 Å². The van der Waals surface area contributed by atoms with Crippen LogP contribution in [0.2, 0.25) is 0 Å². The number of fused-ring (bicyclic) bond motifs is 4. The van der Waals surface area contributed by atoms with Gasteiger partial charge in [0, 0.05) is 24.1 Å². The zero-order valence-electron chi connectivity index (χ0n) is 12.5. The maximum atomic E-state index is 10.9. The van der Waals surface area contributed by atoms with E-state index >= 15 is 0 Å². The first-order chi connectivity index (χ1) is 11.2. The van der Waals surface area contributed by atoms with Gasteiger partial charge in [0.05, 0.1) is 30.0 Å². The molecule has 4 heterocycles. The zero-order valence-corrected chi connectivity index (χ0v) is 12.5. The average Bonchev–Trinajstić information content (AvgIpc) is 3.22. The van der Waals surface area contributed by atoms with Crippen LogP contribution in [0, 0.1) is 5.92 Å². The summed E-state index contributed by atoms with van der Waals surface area (Å²) in [5.41, 5.74) is 10.2. The third-order valence-corrected chi connectivity index (χ3v) is 5.14. The highest BCUT2D eigenvalue weighted by Gasteiger charge is 2.41. The molecule has 2 aromatic heterocycles. The Morgan fingerprint density at radius 3 is 3.04 bits per heavy atom. The molecule has 6 nitrogen and oxygen atoms in total. The number of aliphatic hydroxyl groups is 1. The van der Waals surface area contributed by atoms with Gasteiger partial charge in [0.1, 0.15) is 11.9 Å². The summed E-state index contributed by atoms with van der Waals surface area (Å²) in [7, 11) is 0. The summed E-state index contributed by atoms with van der Waals surface area (Å²) in [6.07, 6.45) is 4.04. The largest absolute Gasteiger partial charge is 0.386 e. The van der Waals surface area contributed by atoms with Crippen LogP contribution in [0.4, 0.5) is 5.82 Å². The van der Waals surface area contributed by atoms with Gasteiger partial charge in [0.15, 0.2) is 0 Å². The van der Waals surface area contributed by atoms with Crippen LogP contribution >= 0.6 is 0 Å². The Kier molecular flexibility index (Phi) is 2.50. The molecule has 0 fully saturated rings. The number of aromatic nitrogens is 4. The third kappa shape index (κ3) is 1.66. The average molecular weight is 307 g/mol. The molecule has 2 aliphatic rings. The van der Waals surface area contributed by atoms with E-state index in [1.54, 1.807) is 6.07 Å². The lowest BCUT2D eigenvalue weighted by Gasteiger charge is -2.34. The van der Waals surface area contributed by atoms with Gasteiger partial charge in [0.25, 0.3) is 0 Å². The molecule has 0 spiro atoms. The predicted molar refractivity (Wildman–Crippen MR) is 85.5 cm³/mol. The van der Waals surface area contributed by atoms with Crippen molar-refractivity contribution in [3.63, 3.8) is 0 Å². The van der Waals surface area contributed by atoms with E-state index in [2.05, 4.69) is 32.8 Å². The van der Waals surface area contributed by atoms with Crippen molar-refractivity contribution in [2.75, 3.05) is 5.73 Å². The molecule has 1 aromatic carbocycles. The van der Waals surface area contributed by atoms with Crippen molar-refractivity contribution >= 4 is 5.82 Å². The Morgan fingerprint density at radius 2 is 2.13 bits per heavy atom. The number of rotatable bonds is 1. The lowest BCUT2D eigenvalue weighted by molar-refractivity contribution is 0.0525. The summed E-state index contributed by atoms with van der Waals surface area (Å²) < 4.78 is 4.01. The van der Waals surface area contributed by atoms with Crippen LogP contribution in [0.25, 0.3) is 11.3 Å². The highest BCUT2D eigenvalue weighted by Crippen LogP contribution is 2.48. The maximum Gasteiger partial charge on any atom is 0.145 e. The van der Waals surface area contributed by atoms with Gasteiger partial charge in [-0.1, -0.05) is 24.3 Å². The minimum atomic E-state index is -0.583. The van der Waals surface area contributed by atoms with Crippen LogP contribution < -0.4 is 5.73 Å². The summed E-state index contributed by atoms with van der Waals surface area (Å²) >= 11 is 0. The number of nitrogens with two attached hydrogens (primary N) is 1. The molecule has 3 atom stereocenters. The van der Waals surface area contributed by atoms with E-state index in [0.29, 0.717) is 5.82 Å². The van der Waals surface area contributed by atoms with Crippen molar-refractivity contribution in [2.45, 2.75) is 25.1 Å². The molecule has 0 unspecified atom stereocenters. The highest BCUT2D eigenvalue weighted by atomic mass is 16.3. The van der Waals surface area contributed by atoms with Crippen molar-refractivity contribution in [3.05, 3.63) is 54.1 Å². The second kappa shape index (κ2) is 4.45. The minimum absolute atomic E-state index is 0.0789. The SMILES string of the molecule is Nc1cc2n(n1)CC[C@H]([C@H]1c3ccccc3-c3cncn31)[C@@H]2O. The number of aliphatic hydroxyl groups excluding tert-OH is 1. The fourth-order valence-corrected chi connectivity index (χ4v) is 4.16. The third-order valence-electron chi connectivity index (χ3n) is 5.14. The van der Waals surface area contributed by atoms with Gasteiger partial charge < -0.3 is 15.4 Å². The Labute approximate surface area is 133 Å². The van der Waals surface area contributed by atoms with Gasteiger partial charge >= 0.3 is 0 Å². The molecule has 0 amide bonds. The first kappa shape index (κ1) is 12.9. The zero-order chi connectivity index (χ0) is 15.6. The number of nitrogens with zero attached hydrogens (tertiary/aromatic N) is 4. The molecular formula is C17H17N5O. The minimum Gasteiger partial charge on any atom is -0.386 e. The van der Waals surface area contributed by atoms with E-state index in [4.69, 9.17) is 5.73 Å². The monoisotopic (exact) mass is 307 g/mol. The smallest absolute Gasteiger partial charge is 0.145 e. The Hall–Kier alpha value is -2.60. The van der Waals surface area contributed by atoms with Crippen LogP contribution in [-0.2, 0) is 6.54 Å². The van der Waals surface area contributed by atoms with E-state index in [1.165, 1.54) is 11.1 Å². The summed E-state index contributed by atoms with van der Waals surface area (Å²) in [5, 5.41) is 15.2. The molecule has 0 radical (unpaired) electrons. The van der Waals surface area contributed by atoms with Crippen LogP contribution in [0.5, 0.6) is 0 Å². The molecule has 3 N–H and O–H groups in total. The van der Waals surface area contributed by atoms with Crippen LogP contribution in [-0.4, -0.2) is 24.4 Å². The molecule has 6 heteroatoms. The summed E-state index contributed by atoms with van der Waals surface area (Å²) in [4.78, 5) is 4.30. The quantitative estimate of drug-likeness (QED) is 0.720. The van der Waals surface area contributed by atoms with E-state index in [9.17, 15) is 5.11 Å². The second-order valence-corrected chi connectivity index (χ2v) is 6.33. The lowest BCUT2D eigenvalue weighted by atomic mass is 9.83. The standard InChI is InChI=1S/C17H17N5O/c18-15-7-13-17(23)12(5-6-22(13)20-15)16-11-4-2-1-3-10(11)14-8-19-9-21(14)16/h1-4,7-9,12,16-17,23H,5-6H2,(H2,18,20)/t12-,16-,17+/m1/s1. The van der Waals surface area contributed by atoms with Gasteiger partial charge in [-0.05, 0) is 12.0 Å². The fraction of sp³-hybridized carbons (Fsp3) is 0.294. The molecule has 116 valence electrons. The molecule has 0 saturated carbocycles. The van der Waals surface area contributed by atoms with E-state index in [1.807, 2.05) is 23.3 Å². The van der Waals surface area contributed by atoms with Gasteiger partial charge in [0.2, 0.25) is 0 Å². The summed E-state index contributed by atoms with van der Waals surface area (Å²) in [5.74, 6) is 0.546. The summed E-state index contributed by atoms with van der Waals surface area (Å²) in [6.45, 7) is 0.775. The molecule has 3 aromatic rings.